The zero-order valence-electron chi connectivity index (χ0n) is 14.1. The molecule has 5 heteroatoms. The SMILES string of the molecule is C=C(C#CC(C)(C)O)/C=C(\C(N)=NC)c1ccc2c(c1)C(=O)NC2. The molecule has 1 aliphatic heterocycles. The summed E-state index contributed by atoms with van der Waals surface area (Å²) in [6, 6.07) is 5.57. The summed E-state index contributed by atoms with van der Waals surface area (Å²) in [5.74, 6) is 5.72. The van der Waals surface area contributed by atoms with Crippen molar-refractivity contribution in [2.45, 2.75) is 26.0 Å². The van der Waals surface area contributed by atoms with Crippen LogP contribution in [0.25, 0.3) is 5.57 Å². The van der Waals surface area contributed by atoms with Gasteiger partial charge >= 0.3 is 0 Å². The number of amides is 1. The average Bonchev–Trinajstić information content (AvgIpc) is 2.90. The lowest BCUT2D eigenvalue weighted by atomic mass is 9.98. The van der Waals surface area contributed by atoms with Gasteiger partial charge in [0.25, 0.3) is 5.91 Å². The second-order valence-electron chi connectivity index (χ2n) is 6.06. The summed E-state index contributed by atoms with van der Waals surface area (Å²) < 4.78 is 0. The number of hydrogen-bond donors (Lipinski definition) is 3. The molecule has 2 rings (SSSR count). The molecule has 0 saturated carbocycles. The Kier molecular flexibility index (Phi) is 4.91. The number of aliphatic imine (C=N–C) groups is 1. The molecule has 1 amide bonds. The molecule has 0 atom stereocenters. The highest BCUT2D eigenvalue weighted by Crippen LogP contribution is 2.23. The Hall–Kier alpha value is -2.84. The van der Waals surface area contributed by atoms with E-state index in [1.54, 1.807) is 33.0 Å². The van der Waals surface area contributed by atoms with Gasteiger partial charge in [-0.05, 0) is 37.1 Å². The van der Waals surface area contributed by atoms with Gasteiger partial charge in [-0.1, -0.05) is 30.6 Å². The van der Waals surface area contributed by atoms with Crippen molar-refractivity contribution in [3.05, 3.63) is 53.1 Å². The van der Waals surface area contributed by atoms with E-state index < -0.39 is 5.60 Å². The Labute approximate surface area is 142 Å². The zero-order valence-corrected chi connectivity index (χ0v) is 14.1. The fourth-order valence-electron chi connectivity index (χ4n) is 2.25. The van der Waals surface area contributed by atoms with Crippen molar-refractivity contribution in [3.8, 4) is 11.8 Å². The van der Waals surface area contributed by atoms with Gasteiger partial charge in [-0.25, -0.2) is 0 Å². The van der Waals surface area contributed by atoms with Crippen molar-refractivity contribution in [2.75, 3.05) is 7.05 Å². The molecular formula is C19H21N3O2. The summed E-state index contributed by atoms with van der Waals surface area (Å²) in [6.45, 7) is 7.60. The van der Waals surface area contributed by atoms with Gasteiger partial charge in [0.1, 0.15) is 11.4 Å². The van der Waals surface area contributed by atoms with Crippen molar-refractivity contribution in [2.24, 2.45) is 10.7 Å². The van der Waals surface area contributed by atoms with E-state index >= 15 is 0 Å². The van der Waals surface area contributed by atoms with Gasteiger partial charge in [-0.3, -0.25) is 9.79 Å². The largest absolute Gasteiger partial charge is 0.383 e. The number of nitrogens with zero attached hydrogens (tertiary/aromatic N) is 1. The summed E-state index contributed by atoms with van der Waals surface area (Å²) in [5, 5.41) is 12.5. The van der Waals surface area contributed by atoms with E-state index in [2.05, 4.69) is 28.7 Å². The first-order valence-electron chi connectivity index (χ1n) is 7.51. The van der Waals surface area contributed by atoms with Gasteiger partial charge in [0.15, 0.2) is 0 Å². The highest BCUT2D eigenvalue weighted by Gasteiger charge is 2.20. The van der Waals surface area contributed by atoms with Crippen LogP contribution in [0.2, 0.25) is 0 Å². The molecular weight excluding hydrogens is 302 g/mol. The van der Waals surface area contributed by atoms with Crippen molar-refractivity contribution < 1.29 is 9.90 Å². The number of benzene rings is 1. The molecule has 24 heavy (non-hydrogen) atoms. The van der Waals surface area contributed by atoms with E-state index in [0.29, 0.717) is 29.1 Å². The first kappa shape index (κ1) is 17.5. The first-order valence-corrected chi connectivity index (χ1v) is 7.51. The quantitative estimate of drug-likeness (QED) is 0.342. The Morgan fingerprint density at radius 2 is 2.21 bits per heavy atom. The van der Waals surface area contributed by atoms with Gasteiger partial charge in [0.05, 0.1) is 0 Å². The van der Waals surface area contributed by atoms with Crippen LogP contribution in [0.1, 0.15) is 35.3 Å². The van der Waals surface area contributed by atoms with Crippen molar-refractivity contribution in [3.63, 3.8) is 0 Å². The minimum absolute atomic E-state index is 0.0983. The number of aliphatic hydroxyl groups is 1. The highest BCUT2D eigenvalue weighted by atomic mass is 16.3. The third-order valence-electron chi connectivity index (χ3n) is 3.47. The number of nitrogens with two attached hydrogens (primary N) is 1. The number of rotatable bonds is 3. The van der Waals surface area contributed by atoms with Gasteiger partial charge < -0.3 is 16.2 Å². The van der Waals surface area contributed by atoms with Crippen molar-refractivity contribution in [1.29, 1.82) is 0 Å². The number of nitrogens with one attached hydrogen (secondary N) is 1. The molecule has 1 aromatic rings. The summed E-state index contributed by atoms with van der Waals surface area (Å²) in [4.78, 5) is 15.9. The molecule has 0 spiro atoms. The van der Waals surface area contributed by atoms with Crippen LogP contribution in [-0.4, -0.2) is 29.5 Å². The number of fused-ring (bicyclic) bond motifs is 1. The summed E-state index contributed by atoms with van der Waals surface area (Å²) in [6.07, 6.45) is 1.70. The lowest BCUT2D eigenvalue weighted by Gasteiger charge is -2.09. The maximum Gasteiger partial charge on any atom is 0.251 e. The van der Waals surface area contributed by atoms with Crippen LogP contribution in [0.4, 0.5) is 0 Å². The average molecular weight is 323 g/mol. The van der Waals surface area contributed by atoms with Gasteiger partial charge in [0, 0.05) is 30.3 Å². The number of carbonyl (C=O) groups is 1. The minimum Gasteiger partial charge on any atom is -0.383 e. The van der Waals surface area contributed by atoms with Crippen LogP contribution in [0.3, 0.4) is 0 Å². The highest BCUT2D eigenvalue weighted by molar-refractivity contribution is 6.22. The van der Waals surface area contributed by atoms with E-state index in [4.69, 9.17) is 5.73 Å². The normalized spacial score (nSPS) is 14.6. The van der Waals surface area contributed by atoms with Crippen LogP contribution >= 0.6 is 0 Å². The standard InChI is InChI=1S/C19H21N3O2/c1-12(7-8-19(2,3)24)9-15(17(20)21-4)13-5-6-14-11-22-18(23)16(14)10-13/h5-6,9-10,24H,1,11H2,2-4H3,(H2,20,21)(H,22,23)/b15-9-. The molecule has 1 aliphatic rings. The Bertz CT molecular complexity index is 815. The number of hydrogen-bond acceptors (Lipinski definition) is 3. The van der Waals surface area contributed by atoms with E-state index in [-0.39, 0.29) is 5.91 Å². The predicted molar refractivity (Wildman–Crippen MR) is 96.3 cm³/mol. The molecule has 1 heterocycles. The van der Waals surface area contributed by atoms with Crippen LogP contribution in [0.15, 0.2) is 41.4 Å². The first-order chi connectivity index (χ1) is 11.2. The molecule has 0 aliphatic carbocycles. The van der Waals surface area contributed by atoms with Crippen LogP contribution in [0, 0.1) is 11.8 Å². The third kappa shape index (κ3) is 4.12. The van der Waals surface area contributed by atoms with Crippen LogP contribution in [0.5, 0.6) is 0 Å². The summed E-state index contributed by atoms with van der Waals surface area (Å²) >= 11 is 0. The van der Waals surface area contributed by atoms with E-state index in [0.717, 1.165) is 11.1 Å². The molecule has 4 N–H and O–H groups in total. The van der Waals surface area contributed by atoms with Crippen LogP contribution < -0.4 is 11.1 Å². The fourth-order valence-corrected chi connectivity index (χ4v) is 2.25. The van der Waals surface area contributed by atoms with Crippen molar-refractivity contribution in [1.82, 2.24) is 5.32 Å². The second-order valence-corrected chi connectivity index (χ2v) is 6.06. The molecule has 0 bridgehead atoms. The van der Waals surface area contributed by atoms with Crippen LogP contribution in [-0.2, 0) is 6.54 Å². The third-order valence-corrected chi connectivity index (χ3v) is 3.47. The van der Waals surface area contributed by atoms with E-state index in [1.807, 2.05) is 12.1 Å². The molecule has 0 unspecified atom stereocenters. The van der Waals surface area contributed by atoms with Crippen molar-refractivity contribution >= 4 is 17.3 Å². The lowest BCUT2D eigenvalue weighted by molar-refractivity contribution is 0.0965. The second kappa shape index (κ2) is 6.73. The molecule has 0 aromatic heterocycles. The number of allylic oxidation sites excluding steroid dienone is 2. The van der Waals surface area contributed by atoms with E-state index in [1.165, 1.54) is 0 Å². The Balaban J connectivity index is 2.45. The van der Waals surface area contributed by atoms with Gasteiger partial charge in [0.2, 0.25) is 0 Å². The molecule has 0 saturated heterocycles. The maximum atomic E-state index is 11.9. The molecule has 124 valence electrons. The molecule has 5 nitrogen and oxygen atoms in total. The molecule has 1 aromatic carbocycles. The number of carbonyl (C=O) groups excluding carboxylic acids is 1. The molecule has 0 fully saturated rings. The smallest absolute Gasteiger partial charge is 0.251 e. The summed E-state index contributed by atoms with van der Waals surface area (Å²) in [7, 11) is 1.59. The predicted octanol–water partition coefficient (Wildman–Crippen LogP) is 1.63. The topological polar surface area (TPSA) is 87.7 Å². The maximum absolute atomic E-state index is 11.9. The summed E-state index contributed by atoms with van der Waals surface area (Å²) in [5.41, 5.74) is 8.37. The zero-order chi connectivity index (χ0) is 17.9. The Morgan fingerprint density at radius 1 is 1.50 bits per heavy atom. The lowest BCUT2D eigenvalue weighted by Crippen LogP contribution is -2.15. The van der Waals surface area contributed by atoms with Gasteiger partial charge in [-0.15, -0.1) is 0 Å². The minimum atomic E-state index is -1.10. The number of amidine groups is 1. The monoisotopic (exact) mass is 323 g/mol. The molecule has 0 radical (unpaired) electrons. The fraction of sp³-hybridized carbons (Fsp3) is 0.263. The van der Waals surface area contributed by atoms with Gasteiger partial charge in [-0.2, -0.15) is 0 Å². The Morgan fingerprint density at radius 3 is 2.83 bits per heavy atom. The van der Waals surface area contributed by atoms with E-state index in [9.17, 15) is 9.90 Å².